The molecule has 0 atom stereocenters. The Balaban J connectivity index is 0.000000103. The summed E-state index contributed by atoms with van der Waals surface area (Å²) < 4.78 is 20.6. The van der Waals surface area contributed by atoms with E-state index < -0.39 is 0 Å². The first-order chi connectivity index (χ1) is 72.0. The summed E-state index contributed by atoms with van der Waals surface area (Å²) in [5.41, 5.74) is 34.1. The van der Waals surface area contributed by atoms with Crippen molar-refractivity contribution in [3.05, 3.63) is 498 Å². The average molecular weight is 1860 g/mol. The fraction of sp³-hybridized carbons (Fsp3) is 0. The first-order valence-electron chi connectivity index (χ1n) is 48.8. The molecule has 0 bridgehead atoms. The maximum atomic E-state index is 5.25. The third kappa shape index (κ3) is 13.2. The molecule has 13 aromatic heterocycles. The van der Waals surface area contributed by atoms with Crippen LogP contribution >= 0.6 is 0 Å². The molecular formula is C129H82N16. The van der Waals surface area contributed by atoms with Gasteiger partial charge in [0.15, 0.2) is 0 Å². The zero-order valence-electron chi connectivity index (χ0n) is 78.0. The molecule has 0 fully saturated rings. The lowest BCUT2D eigenvalue weighted by molar-refractivity contribution is 0.953. The first-order valence-corrected chi connectivity index (χ1v) is 48.8. The van der Waals surface area contributed by atoms with Gasteiger partial charge < -0.3 is 13.7 Å². The fourth-order valence-electron chi connectivity index (χ4n) is 22.5. The van der Waals surface area contributed by atoms with Crippen LogP contribution in [-0.4, -0.2) is 76.0 Å². The first kappa shape index (κ1) is 82.1. The molecule has 0 saturated heterocycles. The number of hydrogen-bond acceptors (Lipinski definition) is 7. The Bertz CT molecular complexity index is 10200. The standard InChI is InChI=1S/C46H29N5.C42H27N5.C41H26N6/c1-3-13-32(14-4-1)49-42-26-24-31(28-37(42)45-35-18-7-9-19-38(35)47-29-44(45)49)30-23-25-41-36(27-30)34-17-8-11-21-40(34)51(41)46-48-39-20-10-12-22-43(39)50(46)33-15-5-2-6-16-33;1-3-11-30(12-4-1)45-38-21-19-28(26-35(38)33-23-24-43-27-41(33)45)29-20-22-39-34(25-29)32-15-7-9-17-37(32)47(39)42-44-36-16-8-10-18-40(36)46(42)31-13-5-2-6-14-31;1-3-9-29(10-4-1)45-36-17-15-27(23-33(36)31-19-21-42-25-39(31)45)28-16-18-37-34(24-28)32-20-22-43-26-40(32)47(37)41-44-35-13-7-8-14-38(35)46(41)30-11-5-2-6-12-30/h1-29H;1-27H;1-26H. The summed E-state index contributed by atoms with van der Waals surface area (Å²) in [6.45, 7) is 0. The monoisotopic (exact) mass is 1850 g/mol. The van der Waals surface area contributed by atoms with E-state index in [1.54, 1.807) is 0 Å². The number of nitrogens with zero attached hydrogens (tertiary/aromatic N) is 16. The molecule has 0 aliphatic carbocycles. The second-order valence-corrected chi connectivity index (χ2v) is 36.9. The highest BCUT2D eigenvalue weighted by molar-refractivity contribution is 6.22. The van der Waals surface area contributed by atoms with Crippen LogP contribution in [0.4, 0.5) is 0 Å². The van der Waals surface area contributed by atoms with E-state index in [1.165, 1.54) is 81.6 Å². The van der Waals surface area contributed by atoms with E-state index in [-0.39, 0.29) is 0 Å². The van der Waals surface area contributed by atoms with Crippen molar-refractivity contribution in [2.24, 2.45) is 0 Å². The maximum Gasteiger partial charge on any atom is 0.220 e. The Kier molecular flexibility index (Phi) is 18.9. The lowest BCUT2D eigenvalue weighted by atomic mass is 10.00. The fourth-order valence-corrected chi connectivity index (χ4v) is 22.5. The van der Waals surface area contributed by atoms with Crippen LogP contribution in [0.15, 0.2) is 498 Å². The molecule has 0 aliphatic heterocycles. The second-order valence-electron chi connectivity index (χ2n) is 36.9. The molecule has 0 aliphatic rings. The summed E-state index contributed by atoms with van der Waals surface area (Å²) in [4.78, 5) is 34.0. The van der Waals surface area contributed by atoms with E-state index >= 15 is 0 Å². The minimum Gasteiger partial charge on any atom is -0.308 e. The molecule has 0 N–H and O–H groups in total. The molecule has 0 amide bonds. The third-order valence-electron chi connectivity index (χ3n) is 28.9. The largest absolute Gasteiger partial charge is 0.308 e. The number of fused-ring (bicyclic) bond motifs is 23. The number of hydrogen-bond donors (Lipinski definition) is 0. The summed E-state index contributed by atoms with van der Waals surface area (Å²) in [6.07, 6.45) is 13.5. The van der Waals surface area contributed by atoms with Crippen molar-refractivity contribution in [1.82, 2.24) is 76.0 Å². The van der Waals surface area contributed by atoms with Crippen LogP contribution in [0.2, 0.25) is 0 Å². The van der Waals surface area contributed by atoms with Gasteiger partial charge in [0, 0.05) is 123 Å². The highest BCUT2D eigenvalue weighted by Gasteiger charge is 2.28. The van der Waals surface area contributed by atoms with E-state index in [2.05, 4.69) is 493 Å². The van der Waals surface area contributed by atoms with Crippen LogP contribution in [0.3, 0.4) is 0 Å². The van der Waals surface area contributed by atoms with Crippen LogP contribution in [0.25, 0.3) is 260 Å². The van der Waals surface area contributed by atoms with Gasteiger partial charge in [0.1, 0.15) is 0 Å². The van der Waals surface area contributed by atoms with Crippen molar-refractivity contribution in [3.8, 4) is 85.4 Å². The zero-order valence-corrected chi connectivity index (χ0v) is 78.0. The van der Waals surface area contributed by atoms with Gasteiger partial charge in [-0.05, 0) is 252 Å². The average Bonchev–Trinajstić information content (AvgIpc) is 1.56. The van der Waals surface area contributed by atoms with Crippen molar-refractivity contribution in [3.63, 3.8) is 0 Å². The minimum absolute atomic E-state index is 0.835. The van der Waals surface area contributed by atoms with Gasteiger partial charge in [0.2, 0.25) is 17.8 Å². The number of benzene rings is 18. The van der Waals surface area contributed by atoms with Crippen molar-refractivity contribution in [2.75, 3.05) is 0 Å². The lowest BCUT2D eigenvalue weighted by Crippen LogP contribution is -2.05. The molecule has 0 unspecified atom stereocenters. The SMILES string of the molecule is c1ccc(-n2c(-n3c4ccc(-c5ccc6c(c5)c5ccncc5n6-c5ccccc5)cc4c4ccncc43)nc3ccccc32)cc1.c1ccc(-n2c(-n3c4ccccc4c4cc(-c5ccc6c(c5)c5c7ccccc7ncc5n6-c5ccccc5)ccc43)nc3ccccc32)cc1.c1ccc(-n2c(-n3c4ccccc4c4cc(-c5ccc6c(c5)c5ccncc5n6-c5ccccc5)ccc43)nc3ccccc32)cc1. The van der Waals surface area contributed by atoms with Crippen molar-refractivity contribution in [1.29, 1.82) is 0 Å². The predicted molar refractivity (Wildman–Crippen MR) is 594 cm³/mol. The molecule has 18 aromatic carbocycles. The highest BCUT2D eigenvalue weighted by Crippen LogP contribution is 2.46. The summed E-state index contributed by atoms with van der Waals surface area (Å²) >= 11 is 0. The van der Waals surface area contributed by atoms with Gasteiger partial charge >= 0.3 is 0 Å². The van der Waals surface area contributed by atoms with Crippen LogP contribution in [0, 0.1) is 0 Å². The second kappa shape index (κ2) is 33.4. The Labute approximate surface area is 828 Å². The van der Waals surface area contributed by atoms with E-state index in [0.717, 1.165) is 179 Å². The molecule has 0 saturated carbocycles. The minimum atomic E-state index is 0.835. The predicted octanol–water partition coefficient (Wildman–Crippen LogP) is 31.4. The smallest absolute Gasteiger partial charge is 0.220 e. The van der Waals surface area contributed by atoms with Crippen LogP contribution in [-0.2, 0) is 0 Å². The van der Waals surface area contributed by atoms with E-state index in [9.17, 15) is 0 Å². The zero-order chi connectivity index (χ0) is 95.3. The van der Waals surface area contributed by atoms with E-state index in [4.69, 9.17) is 19.9 Å². The topological polar surface area (TPSA) is 135 Å². The van der Waals surface area contributed by atoms with Gasteiger partial charge in [0.25, 0.3) is 0 Å². The molecule has 145 heavy (non-hydrogen) atoms. The summed E-state index contributed by atoms with van der Waals surface area (Å²) in [6, 6.07) is 161. The molecule has 31 aromatic rings. The van der Waals surface area contributed by atoms with E-state index in [0.29, 0.717) is 0 Å². The van der Waals surface area contributed by atoms with Gasteiger partial charge in [0.05, 0.1) is 130 Å². The molecular weight excluding hydrogens is 1770 g/mol. The summed E-state index contributed by atoms with van der Waals surface area (Å²) in [5, 5.41) is 15.5. The van der Waals surface area contributed by atoms with Crippen LogP contribution < -0.4 is 0 Å². The Morgan fingerprint density at radius 2 is 0.366 bits per heavy atom. The Morgan fingerprint density at radius 1 is 0.138 bits per heavy atom. The Hall–Kier alpha value is -20.0. The van der Waals surface area contributed by atoms with Gasteiger partial charge in [-0.1, -0.05) is 237 Å². The normalized spacial score (nSPS) is 11.9. The van der Waals surface area contributed by atoms with Gasteiger partial charge in [-0.2, -0.15) is 0 Å². The highest BCUT2D eigenvalue weighted by atomic mass is 15.3. The van der Waals surface area contributed by atoms with Crippen LogP contribution in [0.1, 0.15) is 0 Å². The van der Waals surface area contributed by atoms with Gasteiger partial charge in [-0.15, -0.1) is 0 Å². The molecule has 13 heterocycles. The van der Waals surface area contributed by atoms with Crippen molar-refractivity contribution >= 4 is 175 Å². The third-order valence-corrected chi connectivity index (χ3v) is 28.9. The van der Waals surface area contributed by atoms with Crippen molar-refractivity contribution in [2.45, 2.75) is 0 Å². The number of pyridine rings is 4. The number of aromatic nitrogens is 16. The molecule has 0 radical (unpaired) electrons. The lowest BCUT2D eigenvalue weighted by Gasteiger charge is -2.12. The summed E-state index contributed by atoms with van der Waals surface area (Å²) in [5.74, 6) is 2.58. The molecule has 16 heteroatoms. The van der Waals surface area contributed by atoms with E-state index in [1.807, 2.05) is 61.6 Å². The van der Waals surface area contributed by atoms with Crippen molar-refractivity contribution < 1.29 is 0 Å². The maximum absolute atomic E-state index is 5.25. The molecule has 0 spiro atoms. The Morgan fingerprint density at radius 3 is 0.697 bits per heavy atom. The molecule has 16 nitrogen and oxygen atoms in total. The quantitative estimate of drug-likeness (QED) is 0.119. The molecule has 31 rings (SSSR count). The molecule has 678 valence electrons. The van der Waals surface area contributed by atoms with Gasteiger partial charge in [-0.3, -0.25) is 47.3 Å². The number of para-hydroxylation sites is 15. The summed E-state index contributed by atoms with van der Waals surface area (Å²) in [7, 11) is 0. The number of rotatable bonds is 12. The van der Waals surface area contributed by atoms with Gasteiger partial charge in [-0.25, -0.2) is 15.0 Å². The number of imidazole rings is 3. The van der Waals surface area contributed by atoms with Crippen LogP contribution in [0.5, 0.6) is 0 Å².